The normalized spacial score (nSPS) is 18.6. The molecule has 15 heavy (non-hydrogen) atoms. The van der Waals surface area contributed by atoms with E-state index in [9.17, 15) is 4.79 Å². The van der Waals surface area contributed by atoms with Crippen LogP contribution in [-0.2, 0) is 14.3 Å². The van der Waals surface area contributed by atoms with Crippen molar-refractivity contribution in [2.75, 3.05) is 26.4 Å². The number of unbranched alkanes of at least 4 members (excludes halogenated alkanes) is 1. The summed E-state index contributed by atoms with van der Waals surface area (Å²) in [6.07, 6.45) is 2.24. The van der Waals surface area contributed by atoms with Crippen LogP contribution in [0.4, 0.5) is 0 Å². The third-order valence-electron chi connectivity index (χ3n) is 2.09. The molecule has 1 fully saturated rings. The number of carbonyl (C=O) groups is 1. The van der Waals surface area contributed by atoms with Crippen LogP contribution in [0.3, 0.4) is 0 Å². The van der Waals surface area contributed by atoms with Gasteiger partial charge in [-0.2, -0.15) is 0 Å². The molecule has 1 aliphatic rings. The average Bonchev–Trinajstić information content (AvgIpc) is 2.99. The van der Waals surface area contributed by atoms with Gasteiger partial charge in [-0.3, -0.25) is 4.79 Å². The first-order valence-electron chi connectivity index (χ1n) is 5.33. The Bertz CT molecular complexity index is 224. The lowest BCUT2D eigenvalue weighted by molar-refractivity contribution is -0.117. The van der Waals surface area contributed by atoms with Crippen LogP contribution in [0.15, 0.2) is 12.2 Å². The van der Waals surface area contributed by atoms with Crippen LogP contribution < -0.4 is 5.32 Å². The van der Waals surface area contributed by atoms with Crippen molar-refractivity contribution in [3.63, 3.8) is 0 Å². The molecule has 1 rings (SSSR count). The largest absolute Gasteiger partial charge is 0.379 e. The molecule has 0 saturated carbocycles. The fraction of sp³-hybridized carbons (Fsp3) is 0.727. The maximum atomic E-state index is 11.1. The predicted molar refractivity (Wildman–Crippen MR) is 57.6 cm³/mol. The Morgan fingerprint density at radius 1 is 1.60 bits per heavy atom. The van der Waals surface area contributed by atoms with Gasteiger partial charge in [0.1, 0.15) is 6.10 Å². The summed E-state index contributed by atoms with van der Waals surface area (Å²) >= 11 is 0. The third-order valence-corrected chi connectivity index (χ3v) is 2.09. The molecule has 1 amide bonds. The first-order valence-corrected chi connectivity index (χ1v) is 5.33. The molecule has 0 aliphatic carbocycles. The maximum absolute atomic E-state index is 11.1. The Morgan fingerprint density at radius 3 is 2.93 bits per heavy atom. The van der Waals surface area contributed by atoms with Gasteiger partial charge < -0.3 is 14.8 Å². The zero-order valence-electron chi connectivity index (χ0n) is 9.25. The number of epoxide rings is 1. The van der Waals surface area contributed by atoms with E-state index in [-0.39, 0.29) is 5.91 Å². The highest BCUT2D eigenvalue weighted by Gasteiger charge is 2.21. The quantitative estimate of drug-likeness (QED) is 0.370. The van der Waals surface area contributed by atoms with Gasteiger partial charge >= 0.3 is 0 Å². The van der Waals surface area contributed by atoms with Gasteiger partial charge in [0.15, 0.2) is 0 Å². The number of hydrogen-bond donors (Lipinski definition) is 1. The summed E-state index contributed by atoms with van der Waals surface area (Å²) in [5.41, 5.74) is 0.553. The molecular weight excluding hydrogens is 194 g/mol. The zero-order chi connectivity index (χ0) is 11.1. The number of hydrogen-bond acceptors (Lipinski definition) is 3. The lowest BCUT2D eigenvalue weighted by atomic mass is 10.3. The SMILES string of the molecule is C=C(C)C(=O)NCCCCOCC1CO1. The molecule has 1 atom stereocenters. The second kappa shape index (κ2) is 6.58. The minimum Gasteiger partial charge on any atom is -0.379 e. The monoisotopic (exact) mass is 213 g/mol. The molecular formula is C11H19NO3. The maximum Gasteiger partial charge on any atom is 0.246 e. The van der Waals surface area contributed by atoms with Crippen molar-refractivity contribution in [2.45, 2.75) is 25.9 Å². The molecule has 0 aromatic carbocycles. The van der Waals surface area contributed by atoms with E-state index in [0.717, 1.165) is 26.1 Å². The molecule has 1 saturated heterocycles. The molecule has 0 bridgehead atoms. The van der Waals surface area contributed by atoms with Crippen molar-refractivity contribution in [3.8, 4) is 0 Å². The average molecular weight is 213 g/mol. The van der Waals surface area contributed by atoms with Gasteiger partial charge in [0.2, 0.25) is 5.91 Å². The Labute approximate surface area is 90.6 Å². The number of rotatable bonds is 8. The van der Waals surface area contributed by atoms with E-state index in [1.165, 1.54) is 0 Å². The van der Waals surface area contributed by atoms with Crippen molar-refractivity contribution in [3.05, 3.63) is 12.2 Å². The number of ether oxygens (including phenoxy) is 2. The summed E-state index contributed by atoms with van der Waals surface area (Å²) < 4.78 is 10.4. The van der Waals surface area contributed by atoms with Gasteiger partial charge in [0.25, 0.3) is 0 Å². The van der Waals surface area contributed by atoms with E-state index in [0.29, 0.717) is 24.8 Å². The zero-order valence-corrected chi connectivity index (χ0v) is 9.25. The molecule has 4 heteroatoms. The van der Waals surface area contributed by atoms with E-state index in [1.54, 1.807) is 6.92 Å². The highest BCUT2D eigenvalue weighted by atomic mass is 16.6. The first-order chi connectivity index (χ1) is 7.20. The van der Waals surface area contributed by atoms with E-state index in [2.05, 4.69) is 11.9 Å². The van der Waals surface area contributed by atoms with Crippen molar-refractivity contribution in [2.24, 2.45) is 0 Å². The molecule has 86 valence electrons. The van der Waals surface area contributed by atoms with Crippen molar-refractivity contribution in [1.29, 1.82) is 0 Å². The topological polar surface area (TPSA) is 50.9 Å². The number of carbonyl (C=O) groups excluding carboxylic acids is 1. The standard InChI is InChI=1S/C11H19NO3/c1-9(2)11(13)12-5-3-4-6-14-7-10-8-15-10/h10H,1,3-8H2,2H3,(H,12,13). The van der Waals surface area contributed by atoms with E-state index < -0.39 is 0 Å². The van der Waals surface area contributed by atoms with Crippen molar-refractivity contribution in [1.82, 2.24) is 5.32 Å². The highest BCUT2D eigenvalue weighted by molar-refractivity contribution is 5.91. The molecule has 1 aliphatic heterocycles. The highest BCUT2D eigenvalue weighted by Crippen LogP contribution is 2.08. The van der Waals surface area contributed by atoms with Gasteiger partial charge in [-0.1, -0.05) is 6.58 Å². The summed E-state index contributed by atoms with van der Waals surface area (Å²) in [6, 6.07) is 0. The molecule has 0 spiro atoms. The summed E-state index contributed by atoms with van der Waals surface area (Å²) in [5, 5.41) is 2.78. The minimum absolute atomic E-state index is 0.0673. The van der Waals surface area contributed by atoms with Gasteiger partial charge in [-0.25, -0.2) is 0 Å². The molecule has 0 aromatic rings. The van der Waals surface area contributed by atoms with Gasteiger partial charge in [0, 0.05) is 18.7 Å². The lowest BCUT2D eigenvalue weighted by Crippen LogP contribution is -2.24. The minimum atomic E-state index is -0.0673. The van der Waals surface area contributed by atoms with Crippen LogP contribution in [0.1, 0.15) is 19.8 Å². The smallest absolute Gasteiger partial charge is 0.246 e. The van der Waals surface area contributed by atoms with Crippen LogP contribution >= 0.6 is 0 Å². The predicted octanol–water partition coefficient (Wildman–Crippen LogP) is 0.874. The second-order valence-electron chi connectivity index (χ2n) is 3.77. The van der Waals surface area contributed by atoms with Crippen molar-refractivity contribution >= 4 is 5.91 Å². The summed E-state index contributed by atoms with van der Waals surface area (Å²) in [4.78, 5) is 11.1. The van der Waals surface area contributed by atoms with Crippen LogP contribution in [0.25, 0.3) is 0 Å². The van der Waals surface area contributed by atoms with Crippen molar-refractivity contribution < 1.29 is 14.3 Å². The summed E-state index contributed by atoms with van der Waals surface area (Å²) in [5.74, 6) is -0.0673. The Hall–Kier alpha value is -0.870. The fourth-order valence-corrected chi connectivity index (χ4v) is 1.06. The van der Waals surface area contributed by atoms with E-state index in [4.69, 9.17) is 9.47 Å². The Balaban J connectivity index is 1.79. The molecule has 0 aromatic heterocycles. The molecule has 4 nitrogen and oxygen atoms in total. The Morgan fingerprint density at radius 2 is 2.33 bits per heavy atom. The number of nitrogens with one attached hydrogen (secondary N) is 1. The summed E-state index contributed by atoms with van der Waals surface area (Å²) in [6.45, 7) is 8.24. The first kappa shape index (κ1) is 12.2. The van der Waals surface area contributed by atoms with Gasteiger partial charge in [0.05, 0.1) is 13.2 Å². The summed E-state index contributed by atoms with van der Waals surface area (Å²) in [7, 11) is 0. The molecule has 1 N–H and O–H groups in total. The van der Waals surface area contributed by atoms with Gasteiger partial charge in [-0.15, -0.1) is 0 Å². The lowest BCUT2D eigenvalue weighted by Gasteiger charge is -2.04. The second-order valence-corrected chi connectivity index (χ2v) is 3.77. The third kappa shape index (κ3) is 6.25. The Kier molecular flexibility index (Phi) is 5.36. The number of amides is 1. The fourth-order valence-electron chi connectivity index (χ4n) is 1.06. The van der Waals surface area contributed by atoms with E-state index >= 15 is 0 Å². The van der Waals surface area contributed by atoms with E-state index in [1.807, 2.05) is 0 Å². The molecule has 1 unspecified atom stereocenters. The van der Waals surface area contributed by atoms with Gasteiger partial charge in [-0.05, 0) is 19.8 Å². The van der Waals surface area contributed by atoms with Crippen LogP contribution in [0.2, 0.25) is 0 Å². The molecule has 0 radical (unpaired) electrons. The van der Waals surface area contributed by atoms with Crippen LogP contribution in [-0.4, -0.2) is 38.4 Å². The van der Waals surface area contributed by atoms with Crippen LogP contribution in [0.5, 0.6) is 0 Å². The molecule has 1 heterocycles. The van der Waals surface area contributed by atoms with Crippen LogP contribution in [0, 0.1) is 0 Å².